The summed E-state index contributed by atoms with van der Waals surface area (Å²) in [6.45, 7) is -3.61. The Morgan fingerprint density at radius 3 is 2.15 bits per heavy atom. The van der Waals surface area contributed by atoms with E-state index in [0.29, 0.717) is 0 Å². The second-order valence-electron chi connectivity index (χ2n) is 3.23. The van der Waals surface area contributed by atoms with Crippen molar-refractivity contribution in [2.75, 3.05) is 0 Å². The third-order valence-electron chi connectivity index (χ3n) is 1.99. The fourth-order valence-electron chi connectivity index (χ4n) is 1.26. The normalized spacial score (nSPS) is 11.9. The molecule has 0 aromatic heterocycles. The zero-order valence-electron chi connectivity index (χ0n) is 9.10. The SMILES string of the molecule is O=[N+]([O-])c1cc(S(=O)(=O)Cl)cc(C(F)F)c1OC(F)F. The molecule has 0 unspecified atom stereocenters. The van der Waals surface area contributed by atoms with Gasteiger partial charge in [-0.05, 0) is 6.07 Å². The van der Waals surface area contributed by atoms with Crippen molar-refractivity contribution in [3.05, 3.63) is 27.8 Å². The molecule has 0 bridgehead atoms. The van der Waals surface area contributed by atoms with Crippen LogP contribution >= 0.6 is 10.7 Å². The van der Waals surface area contributed by atoms with Crippen LogP contribution < -0.4 is 4.74 Å². The van der Waals surface area contributed by atoms with E-state index in [9.17, 15) is 36.1 Å². The van der Waals surface area contributed by atoms with Crippen molar-refractivity contribution in [1.82, 2.24) is 0 Å². The summed E-state index contributed by atoms with van der Waals surface area (Å²) >= 11 is 0. The third kappa shape index (κ3) is 3.70. The molecule has 0 saturated carbocycles. The lowest BCUT2D eigenvalue weighted by atomic mass is 10.2. The molecule has 6 nitrogen and oxygen atoms in total. The van der Waals surface area contributed by atoms with E-state index in [1.807, 2.05) is 0 Å². The average molecular weight is 338 g/mol. The minimum absolute atomic E-state index is 0.234. The number of nitrogens with zero attached hydrogens (tertiary/aromatic N) is 1. The van der Waals surface area contributed by atoms with Gasteiger partial charge in [-0.3, -0.25) is 10.1 Å². The summed E-state index contributed by atoms with van der Waals surface area (Å²) in [5, 5.41) is 10.7. The Balaban J connectivity index is 3.68. The van der Waals surface area contributed by atoms with E-state index in [4.69, 9.17) is 10.7 Å². The first-order chi connectivity index (χ1) is 9.04. The lowest BCUT2D eigenvalue weighted by molar-refractivity contribution is -0.386. The Morgan fingerprint density at radius 1 is 1.25 bits per heavy atom. The van der Waals surface area contributed by atoms with Gasteiger partial charge in [0.05, 0.1) is 15.4 Å². The minimum atomic E-state index is -4.57. The molecule has 0 heterocycles. The summed E-state index contributed by atoms with van der Waals surface area (Å²) in [5.74, 6) is -1.41. The molecule has 0 radical (unpaired) electrons. The van der Waals surface area contributed by atoms with Gasteiger partial charge >= 0.3 is 12.3 Å². The number of benzene rings is 1. The van der Waals surface area contributed by atoms with Crippen LogP contribution in [-0.4, -0.2) is 20.0 Å². The molecule has 0 amide bonds. The van der Waals surface area contributed by atoms with E-state index in [-0.39, 0.29) is 12.1 Å². The number of rotatable bonds is 5. The molecule has 0 spiro atoms. The lowest BCUT2D eigenvalue weighted by Gasteiger charge is -2.11. The average Bonchev–Trinajstić information content (AvgIpc) is 2.25. The first-order valence-electron chi connectivity index (χ1n) is 4.54. The first-order valence-corrected chi connectivity index (χ1v) is 6.85. The Morgan fingerprint density at radius 2 is 1.80 bits per heavy atom. The highest BCUT2D eigenvalue weighted by molar-refractivity contribution is 8.13. The highest BCUT2D eigenvalue weighted by Crippen LogP contribution is 2.40. The number of ether oxygens (including phenoxy) is 1. The molecule has 0 aliphatic heterocycles. The van der Waals surface area contributed by atoms with Crippen molar-refractivity contribution in [2.45, 2.75) is 17.9 Å². The van der Waals surface area contributed by atoms with Crippen LogP contribution in [0.15, 0.2) is 17.0 Å². The van der Waals surface area contributed by atoms with Gasteiger partial charge < -0.3 is 4.74 Å². The number of nitro groups is 1. The lowest BCUT2D eigenvalue weighted by Crippen LogP contribution is -2.09. The summed E-state index contributed by atoms with van der Waals surface area (Å²) in [4.78, 5) is 8.29. The van der Waals surface area contributed by atoms with Crippen molar-refractivity contribution < 1.29 is 35.6 Å². The molecule has 0 N–H and O–H groups in total. The van der Waals surface area contributed by atoms with E-state index in [1.54, 1.807) is 0 Å². The largest absolute Gasteiger partial charge is 0.427 e. The van der Waals surface area contributed by atoms with E-state index in [2.05, 4.69) is 4.74 Å². The van der Waals surface area contributed by atoms with Gasteiger partial charge in [-0.15, -0.1) is 0 Å². The molecule has 0 aliphatic rings. The Bertz CT molecular complexity index is 636. The minimum Gasteiger partial charge on any atom is -0.427 e. The van der Waals surface area contributed by atoms with E-state index in [1.165, 1.54) is 0 Å². The molecule has 0 atom stereocenters. The van der Waals surface area contributed by atoms with E-state index < -0.39 is 48.9 Å². The first kappa shape index (κ1) is 16.4. The van der Waals surface area contributed by atoms with Crippen LogP contribution in [0.4, 0.5) is 23.2 Å². The fraction of sp³-hybridized carbons (Fsp3) is 0.250. The predicted octanol–water partition coefficient (Wildman–Crippen LogP) is 3.06. The molecule has 112 valence electrons. The maximum atomic E-state index is 12.7. The van der Waals surface area contributed by atoms with Crippen LogP contribution in [0, 0.1) is 10.1 Å². The van der Waals surface area contributed by atoms with E-state index in [0.717, 1.165) is 0 Å². The van der Waals surface area contributed by atoms with Crippen LogP contribution in [0.5, 0.6) is 5.75 Å². The number of halogens is 5. The molecule has 1 aromatic carbocycles. The van der Waals surface area contributed by atoms with Crippen molar-refractivity contribution in [1.29, 1.82) is 0 Å². The van der Waals surface area contributed by atoms with Crippen LogP contribution in [0.3, 0.4) is 0 Å². The van der Waals surface area contributed by atoms with Crippen molar-refractivity contribution in [3.63, 3.8) is 0 Å². The summed E-state index contributed by atoms with van der Waals surface area (Å²) in [6.07, 6.45) is -3.49. The zero-order valence-corrected chi connectivity index (χ0v) is 10.7. The Hall–Kier alpha value is -1.62. The smallest absolute Gasteiger partial charge is 0.387 e. The topological polar surface area (TPSA) is 86.5 Å². The molecular weight excluding hydrogens is 334 g/mol. The Kier molecular flexibility index (Phi) is 4.76. The molecule has 1 aromatic rings. The summed E-state index contributed by atoms with van der Waals surface area (Å²) in [5.41, 5.74) is -2.74. The molecule has 20 heavy (non-hydrogen) atoms. The quantitative estimate of drug-likeness (QED) is 0.357. The van der Waals surface area contributed by atoms with Gasteiger partial charge in [-0.2, -0.15) is 8.78 Å². The van der Waals surface area contributed by atoms with E-state index >= 15 is 0 Å². The van der Waals surface area contributed by atoms with Gasteiger partial charge in [0, 0.05) is 16.7 Å². The molecule has 0 fully saturated rings. The van der Waals surface area contributed by atoms with Gasteiger partial charge in [-0.1, -0.05) is 0 Å². The van der Waals surface area contributed by atoms with Crippen LogP contribution in [0.25, 0.3) is 0 Å². The van der Waals surface area contributed by atoms with Crippen LogP contribution in [0.1, 0.15) is 12.0 Å². The zero-order chi connectivity index (χ0) is 15.7. The molecule has 1 rings (SSSR count). The molecule has 12 heteroatoms. The summed E-state index contributed by atoms with van der Waals surface area (Å²) in [7, 11) is 0.317. The van der Waals surface area contributed by atoms with Gasteiger partial charge in [0.15, 0.2) is 0 Å². The van der Waals surface area contributed by atoms with Crippen molar-refractivity contribution in [2.24, 2.45) is 0 Å². The van der Waals surface area contributed by atoms with Crippen molar-refractivity contribution in [3.8, 4) is 5.75 Å². The second kappa shape index (κ2) is 5.79. The Labute approximate surface area is 113 Å². The standard InChI is InChI=1S/C8H4ClF4NO5S/c9-20(17,18)3-1-4(7(10)11)6(19-8(12)13)5(2-3)14(15)16/h1-2,7-8H. The van der Waals surface area contributed by atoms with Crippen LogP contribution in [0.2, 0.25) is 0 Å². The predicted molar refractivity (Wildman–Crippen MR) is 57.7 cm³/mol. The maximum absolute atomic E-state index is 12.7. The van der Waals surface area contributed by atoms with Gasteiger partial charge in [0.1, 0.15) is 0 Å². The molecule has 0 saturated heterocycles. The molecule has 0 aliphatic carbocycles. The summed E-state index contributed by atoms with van der Waals surface area (Å²) in [6, 6.07) is 0.490. The number of hydrogen-bond acceptors (Lipinski definition) is 5. The molecular formula is C8H4ClF4NO5S. The van der Waals surface area contributed by atoms with Gasteiger partial charge in [0.25, 0.3) is 15.5 Å². The van der Waals surface area contributed by atoms with Gasteiger partial charge in [0.2, 0.25) is 5.75 Å². The number of nitro benzene ring substituents is 1. The summed E-state index contributed by atoms with van der Waals surface area (Å²) < 4.78 is 75.3. The fourth-order valence-corrected chi connectivity index (χ4v) is 2.05. The second-order valence-corrected chi connectivity index (χ2v) is 5.80. The maximum Gasteiger partial charge on any atom is 0.387 e. The highest BCUT2D eigenvalue weighted by Gasteiger charge is 2.30. The number of hydrogen-bond donors (Lipinski definition) is 0. The van der Waals surface area contributed by atoms with Gasteiger partial charge in [-0.25, -0.2) is 17.2 Å². The third-order valence-corrected chi connectivity index (χ3v) is 3.33. The van der Waals surface area contributed by atoms with Crippen LogP contribution in [-0.2, 0) is 9.05 Å². The highest BCUT2D eigenvalue weighted by atomic mass is 35.7. The van der Waals surface area contributed by atoms with Crippen molar-refractivity contribution >= 4 is 25.4 Å². The monoisotopic (exact) mass is 337 g/mol. The number of alkyl halides is 4.